The zero-order valence-electron chi connectivity index (χ0n) is 38.5. The Labute approximate surface area is 364 Å². The molecule has 0 radical (unpaired) electrons. The molecule has 0 bridgehead atoms. The monoisotopic (exact) mass is 852 g/mol. The first-order valence-corrected chi connectivity index (χ1v) is 26.1. The van der Waals surface area contributed by atoms with Crippen molar-refractivity contribution in [3.05, 3.63) is 48.6 Å². The average molecular weight is 852 g/mol. The van der Waals surface area contributed by atoms with Crippen molar-refractivity contribution in [1.82, 2.24) is 0 Å². The van der Waals surface area contributed by atoms with Gasteiger partial charge in [0.05, 0.1) is 19.8 Å². The van der Waals surface area contributed by atoms with Crippen LogP contribution in [0, 0.1) is 0 Å². The Hall–Kier alpha value is -1.54. The number of hydrogen-bond donors (Lipinski definition) is 2. The van der Waals surface area contributed by atoms with Gasteiger partial charge in [0.2, 0.25) is 0 Å². The SMILES string of the molecule is CCCCCCC/C=C\C/C=C\C/C=C\CCCCCCCCC(=O)OC(COCCCCCCCCCC/C=C\CCCCCCCCC)COP(=O)(O)OCCN. The van der Waals surface area contributed by atoms with E-state index in [2.05, 4.69) is 62.5 Å². The third-order valence-corrected chi connectivity index (χ3v) is 11.5. The number of nitrogens with two attached hydrogens (primary N) is 1. The highest BCUT2D eigenvalue weighted by molar-refractivity contribution is 7.47. The molecule has 2 atom stereocenters. The first kappa shape index (κ1) is 57.5. The lowest BCUT2D eigenvalue weighted by Gasteiger charge is -2.20. The topological polar surface area (TPSA) is 117 Å². The van der Waals surface area contributed by atoms with Crippen LogP contribution in [0.5, 0.6) is 0 Å². The van der Waals surface area contributed by atoms with Crippen molar-refractivity contribution >= 4 is 13.8 Å². The van der Waals surface area contributed by atoms with E-state index in [1.807, 2.05) is 0 Å². The first-order valence-electron chi connectivity index (χ1n) is 24.6. The number of rotatable bonds is 47. The van der Waals surface area contributed by atoms with Crippen LogP contribution in [0.2, 0.25) is 0 Å². The summed E-state index contributed by atoms with van der Waals surface area (Å²) in [6, 6.07) is 0. The Morgan fingerprint density at radius 2 is 0.898 bits per heavy atom. The summed E-state index contributed by atoms with van der Waals surface area (Å²) in [6.07, 6.45) is 57.0. The first-order chi connectivity index (χ1) is 28.9. The third kappa shape index (κ3) is 47.4. The van der Waals surface area contributed by atoms with Gasteiger partial charge in [-0.15, -0.1) is 0 Å². The molecule has 0 aromatic rings. The van der Waals surface area contributed by atoms with Gasteiger partial charge < -0.3 is 20.1 Å². The zero-order valence-corrected chi connectivity index (χ0v) is 39.4. The average Bonchev–Trinajstić information content (AvgIpc) is 3.23. The summed E-state index contributed by atoms with van der Waals surface area (Å²) < 4.78 is 33.5. The molecule has 0 aromatic heterocycles. The third-order valence-electron chi connectivity index (χ3n) is 10.5. The van der Waals surface area contributed by atoms with Crippen LogP contribution in [0.1, 0.15) is 226 Å². The van der Waals surface area contributed by atoms with Crippen LogP contribution in [0.4, 0.5) is 0 Å². The Bertz CT molecular complexity index is 1050. The Morgan fingerprint density at radius 3 is 1.36 bits per heavy atom. The zero-order chi connectivity index (χ0) is 43.0. The number of allylic oxidation sites excluding steroid dienone is 8. The summed E-state index contributed by atoms with van der Waals surface area (Å²) in [5.41, 5.74) is 5.38. The molecule has 0 aliphatic rings. The molecule has 0 fully saturated rings. The molecule has 0 aromatic carbocycles. The van der Waals surface area contributed by atoms with E-state index in [1.54, 1.807) is 0 Å². The molecule has 0 saturated heterocycles. The molecule has 59 heavy (non-hydrogen) atoms. The van der Waals surface area contributed by atoms with Crippen molar-refractivity contribution in [2.45, 2.75) is 232 Å². The van der Waals surface area contributed by atoms with Gasteiger partial charge in [-0.2, -0.15) is 0 Å². The summed E-state index contributed by atoms with van der Waals surface area (Å²) in [6.45, 7) is 4.91. The van der Waals surface area contributed by atoms with E-state index in [0.717, 1.165) is 57.8 Å². The second-order valence-corrected chi connectivity index (χ2v) is 17.8. The highest BCUT2D eigenvalue weighted by Gasteiger charge is 2.25. The van der Waals surface area contributed by atoms with Gasteiger partial charge in [0.25, 0.3) is 0 Å². The van der Waals surface area contributed by atoms with E-state index in [4.69, 9.17) is 24.3 Å². The smallest absolute Gasteiger partial charge is 0.457 e. The lowest BCUT2D eigenvalue weighted by atomic mass is 10.1. The van der Waals surface area contributed by atoms with E-state index in [0.29, 0.717) is 13.0 Å². The molecule has 0 aliphatic heterocycles. The van der Waals surface area contributed by atoms with Crippen molar-refractivity contribution in [3.8, 4) is 0 Å². The number of hydrogen-bond acceptors (Lipinski definition) is 7. The number of phosphoric acid groups is 1. The molecular weight excluding hydrogens is 758 g/mol. The van der Waals surface area contributed by atoms with Crippen LogP contribution in [0.15, 0.2) is 48.6 Å². The van der Waals surface area contributed by atoms with Crippen LogP contribution in [-0.4, -0.2) is 49.9 Å². The summed E-state index contributed by atoms with van der Waals surface area (Å²) >= 11 is 0. The van der Waals surface area contributed by atoms with Gasteiger partial charge in [0.1, 0.15) is 6.10 Å². The van der Waals surface area contributed by atoms with Gasteiger partial charge in [-0.3, -0.25) is 13.8 Å². The minimum Gasteiger partial charge on any atom is -0.457 e. The molecule has 0 aliphatic carbocycles. The van der Waals surface area contributed by atoms with Gasteiger partial charge in [0, 0.05) is 19.6 Å². The van der Waals surface area contributed by atoms with Gasteiger partial charge >= 0.3 is 13.8 Å². The lowest BCUT2D eigenvalue weighted by Crippen LogP contribution is -2.28. The normalized spacial score (nSPS) is 13.8. The van der Waals surface area contributed by atoms with Crippen molar-refractivity contribution in [2.75, 3.05) is 33.0 Å². The van der Waals surface area contributed by atoms with Crippen molar-refractivity contribution in [3.63, 3.8) is 0 Å². The number of unbranched alkanes of at least 4 members (excludes halogenated alkanes) is 26. The largest absolute Gasteiger partial charge is 0.472 e. The maximum absolute atomic E-state index is 12.6. The Morgan fingerprint density at radius 1 is 0.508 bits per heavy atom. The predicted octanol–water partition coefficient (Wildman–Crippen LogP) is 15.1. The summed E-state index contributed by atoms with van der Waals surface area (Å²) in [5, 5.41) is 0. The molecule has 0 amide bonds. The number of esters is 1. The highest BCUT2D eigenvalue weighted by Crippen LogP contribution is 2.43. The minimum absolute atomic E-state index is 0.0964. The maximum atomic E-state index is 12.6. The molecule has 0 rings (SSSR count). The van der Waals surface area contributed by atoms with Crippen molar-refractivity contribution < 1.29 is 32.8 Å². The summed E-state index contributed by atoms with van der Waals surface area (Å²) in [4.78, 5) is 22.6. The molecule has 8 nitrogen and oxygen atoms in total. The lowest BCUT2D eigenvalue weighted by molar-refractivity contribution is -0.154. The highest BCUT2D eigenvalue weighted by atomic mass is 31.2. The maximum Gasteiger partial charge on any atom is 0.472 e. The molecule has 0 heterocycles. The Balaban J connectivity index is 4.01. The van der Waals surface area contributed by atoms with Crippen molar-refractivity contribution in [2.24, 2.45) is 5.73 Å². The molecule has 9 heteroatoms. The van der Waals surface area contributed by atoms with Gasteiger partial charge in [-0.1, -0.05) is 191 Å². The van der Waals surface area contributed by atoms with Crippen LogP contribution >= 0.6 is 7.82 Å². The fourth-order valence-electron chi connectivity index (χ4n) is 6.82. The van der Waals surface area contributed by atoms with Crippen LogP contribution in [0.3, 0.4) is 0 Å². The van der Waals surface area contributed by atoms with Crippen LogP contribution in [-0.2, 0) is 27.9 Å². The number of carbonyl (C=O) groups is 1. The summed E-state index contributed by atoms with van der Waals surface area (Å²) in [7, 11) is -4.29. The fraction of sp³-hybridized carbons (Fsp3) is 0.820. The molecule has 0 spiro atoms. The molecule has 346 valence electrons. The van der Waals surface area contributed by atoms with E-state index in [9.17, 15) is 14.3 Å². The van der Waals surface area contributed by atoms with Gasteiger partial charge in [-0.05, 0) is 77.0 Å². The minimum atomic E-state index is -4.29. The van der Waals surface area contributed by atoms with Crippen molar-refractivity contribution in [1.29, 1.82) is 0 Å². The summed E-state index contributed by atoms with van der Waals surface area (Å²) in [5.74, 6) is -0.342. The quantitative estimate of drug-likeness (QED) is 0.0269. The molecular formula is C50H94NO7P. The Kier molecular flexibility index (Phi) is 46.3. The van der Waals surface area contributed by atoms with Crippen LogP contribution < -0.4 is 5.73 Å². The van der Waals surface area contributed by atoms with Gasteiger partial charge in [0.15, 0.2) is 0 Å². The number of ether oxygens (including phenoxy) is 2. The second-order valence-electron chi connectivity index (χ2n) is 16.3. The number of carbonyl (C=O) groups excluding carboxylic acids is 1. The van der Waals surface area contributed by atoms with E-state index in [1.165, 1.54) is 148 Å². The fourth-order valence-corrected chi connectivity index (χ4v) is 7.59. The molecule has 2 unspecified atom stereocenters. The second kappa shape index (κ2) is 47.5. The van der Waals surface area contributed by atoms with E-state index < -0.39 is 13.9 Å². The van der Waals surface area contributed by atoms with Gasteiger partial charge in [-0.25, -0.2) is 4.57 Å². The van der Waals surface area contributed by atoms with E-state index in [-0.39, 0.29) is 32.3 Å². The number of phosphoric ester groups is 1. The molecule has 3 N–H and O–H groups in total. The molecule has 0 saturated carbocycles. The van der Waals surface area contributed by atoms with Crippen LogP contribution in [0.25, 0.3) is 0 Å². The van der Waals surface area contributed by atoms with E-state index >= 15 is 0 Å². The predicted molar refractivity (Wildman–Crippen MR) is 252 cm³/mol. The standard InChI is InChI=1S/C50H94NO7P/c1-3-5-7-9-11-13-15-17-19-21-23-24-25-27-29-31-33-35-37-39-41-43-50(52)58-49(48-57-59(53,54)56-46-44-51)47-55-45-42-40-38-36-34-32-30-28-26-22-20-18-16-14-12-10-8-6-4-2/h15,17,20-23,25,27,49H,3-14,16,18-19,24,26,28-48,51H2,1-2H3,(H,53,54)/b17-15-,22-20-,23-21-,27-25-.